The standard InChI is InChI=1S/C11H15N3O4/c1-17-6-9(15)13-10-7(11(12)14-16)4-3-5-8(10)18-2/h3-5,16H,6H2,1-2H3,(H2,12,14)(H,13,15). The molecule has 0 aliphatic rings. The lowest BCUT2D eigenvalue weighted by molar-refractivity contribution is -0.119. The number of amides is 1. The maximum absolute atomic E-state index is 11.5. The Hall–Kier alpha value is -2.28. The lowest BCUT2D eigenvalue weighted by Gasteiger charge is -2.13. The van der Waals surface area contributed by atoms with Crippen molar-refractivity contribution in [3.8, 4) is 5.75 Å². The van der Waals surface area contributed by atoms with Crippen molar-refractivity contribution in [2.24, 2.45) is 10.9 Å². The van der Waals surface area contributed by atoms with Crippen molar-refractivity contribution in [3.63, 3.8) is 0 Å². The van der Waals surface area contributed by atoms with Crippen LogP contribution >= 0.6 is 0 Å². The van der Waals surface area contributed by atoms with E-state index < -0.39 is 0 Å². The Kier molecular flexibility index (Phi) is 4.94. The molecule has 0 atom stereocenters. The van der Waals surface area contributed by atoms with Gasteiger partial charge in [0, 0.05) is 12.7 Å². The molecule has 0 saturated carbocycles. The van der Waals surface area contributed by atoms with Crippen LogP contribution in [0.2, 0.25) is 0 Å². The molecule has 98 valence electrons. The van der Waals surface area contributed by atoms with Crippen molar-refractivity contribution in [1.29, 1.82) is 0 Å². The Morgan fingerprint density at radius 3 is 2.78 bits per heavy atom. The van der Waals surface area contributed by atoms with Gasteiger partial charge in [-0.15, -0.1) is 0 Å². The third kappa shape index (κ3) is 3.11. The number of rotatable bonds is 5. The Balaban J connectivity index is 3.16. The molecule has 0 spiro atoms. The fourth-order valence-corrected chi connectivity index (χ4v) is 1.40. The monoisotopic (exact) mass is 253 g/mol. The van der Waals surface area contributed by atoms with Crippen molar-refractivity contribution >= 4 is 17.4 Å². The number of para-hydroxylation sites is 1. The number of hydrogen-bond acceptors (Lipinski definition) is 5. The number of nitrogens with zero attached hydrogens (tertiary/aromatic N) is 1. The summed E-state index contributed by atoms with van der Waals surface area (Å²) in [6, 6.07) is 4.91. The fourth-order valence-electron chi connectivity index (χ4n) is 1.40. The molecule has 0 heterocycles. The number of nitrogens with one attached hydrogen (secondary N) is 1. The normalized spacial score (nSPS) is 11.1. The van der Waals surface area contributed by atoms with E-state index in [1.165, 1.54) is 14.2 Å². The smallest absolute Gasteiger partial charge is 0.250 e. The van der Waals surface area contributed by atoms with Gasteiger partial charge in [-0.3, -0.25) is 4.79 Å². The van der Waals surface area contributed by atoms with Gasteiger partial charge in [-0.25, -0.2) is 0 Å². The molecule has 7 nitrogen and oxygen atoms in total. The molecule has 1 aromatic carbocycles. The number of methoxy groups -OCH3 is 2. The summed E-state index contributed by atoms with van der Waals surface area (Å²) in [5, 5.41) is 14.2. The molecule has 0 radical (unpaired) electrons. The topological polar surface area (TPSA) is 106 Å². The Bertz CT molecular complexity index is 460. The molecule has 1 rings (SSSR count). The van der Waals surface area contributed by atoms with Gasteiger partial charge in [-0.2, -0.15) is 0 Å². The van der Waals surface area contributed by atoms with Gasteiger partial charge in [0.25, 0.3) is 0 Å². The van der Waals surface area contributed by atoms with Gasteiger partial charge in [0.1, 0.15) is 12.4 Å². The van der Waals surface area contributed by atoms with Crippen LogP contribution in [0.4, 0.5) is 5.69 Å². The highest BCUT2D eigenvalue weighted by atomic mass is 16.5. The fraction of sp³-hybridized carbons (Fsp3) is 0.273. The van der Waals surface area contributed by atoms with Crippen LogP contribution in [-0.4, -0.2) is 37.8 Å². The first kappa shape index (κ1) is 13.8. The van der Waals surface area contributed by atoms with Crippen LogP contribution in [0.1, 0.15) is 5.56 Å². The first-order valence-electron chi connectivity index (χ1n) is 5.07. The molecule has 1 amide bonds. The van der Waals surface area contributed by atoms with E-state index in [4.69, 9.17) is 20.4 Å². The molecule has 0 aliphatic heterocycles. The molecule has 0 aromatic heterocycles. The van der Waals surface area contributed by atoms with E-state index in [-0.39, 0.29) is 18.3 Å². The number of nitrogens with two attached hydrogens (primary N) is 1. The maximum Gasteiger partial charge on any atom is 0.250 e. The predicted octanol–water partition coefficient (Wildman–Crippen LogP) is 0.375. The summed E-state index contributed by atoms with van der Waals surface area (Å²) in [5.74, 6) is -0.0841. The highest BCUT2D eigenvalue weighted by Crippen LogP contribution is 2.28. The zero-order chi connectivity index (χ0) is 13.5. The average molecular weight is 253 g/mol. The summed E-state index contributed by atoms with van der Waals surface area (Å²) in [6.07, 6.45) is 0. The van der Waals surface area contributed by atoms with Gasteiger partial charge >= 0.3 is 0 Å². The van der Waals surface area contributed by atoms with Crippen LogP contribution in [0.5, 0.6) is 5.75 Å². The van der Waals surface area contributed by atoms with E-state index in [0.29, 0.717) is 17.0 Å². The number of oxime groups is 1. The summed E-state index contributed by atoms with van der Waals surface area (Å²) in [5.41, 5.74) is 6.22. The molecule has 0 bridgehead atoms. The molecule has 0 unspecified atom stereocenters. The van der Waals surface area contributed by atoms with Gasteiger partial charge in [0.05, 0.1) is 12.8 Å². The number of benzene rings is 1. The van der Waals surface area contributed by atoms with Gasteiger partial charge in [-0.05, 0) is 12.1 Å². The molecule has 0 aliphatic carbocycles. The van der Waals surface area contributed by atoms with Crippen molar-refractivity contribution in [2.75, 3.05) is 26.1 Å². The first-order chi connectivity index (χ1) is 8.63. The van der Waals surface area contributed by atoms with E-state index in [1.54, 1.807) is 18.2 Å². The third-order valence-electron chi connectivity index (χ3n) is 2.17. The lowest BCUT2D eigenvalue weighted by atomic mass is 10.1. The van der Waals surface area contributed by atoms with E-state index in [0.717, 1.165) is 0 Å². The number of amidine groups is 1. The van der Waals surface area contributed by atoms with Crippen molar-refractivity contribution < 1.29 is 19.5 Å². The van der Waals surface area contributed by atoms with Gasteiger partial charge in [0.2, 0.25) is 5.91 Å². The van der Waals surface area contributed by atoms with E-state index >= 15 is 0 Å². The summed E-state index contributed by atoms with van der Waals surface area (Å²) in [4.78, 5) is 11.5. The third-order valence-corrected chi connectivity index (χ3v) is 2.17. The van der Waals surface area contributed by atoms with Crippen LogP contribution in [0.15, 0.2) is 23.4 Å². The Labute approximate surface area is 104 Å². The SMILES string of the molecule is COCC(=O)Nc1c(OC)cccc1/C(N)=N/O. The van der Waals surface area contributed by atoms with Crippen molar-refractivity contribution in [2.45, 2.75) is 0 Å². The molecule has 0 saturated heterocycles. The van der Waals surface area contributed by atoms with E-state index in [9.17, 15) is 4.79 Å². The molecular weight excluding hydrogens is 238 g/mol. The van der Waals surface area contributed by atoms with Gasteiger partial charge in [0.15, 0.2) is 5.84 Å². The maximum atomic E-state index is 11.5. The molecule has 4 N–H and O–H groups in total. The largest absolute Gasteiger partial charge is 0.495 e. The Morgan fingerprint density at radius 2 is 2.22 bits per heavy atom. The van der Waals surface area contributed by atoms with Crippen molar-refractivity contribution in [3.05, 3.63) is 23.8 Å². The summed E-state index contributed by atoms with van der Waals surface area (Å²) >= 11 is 0. The number of carbonyl (C=O) groups is 1. The lowest BCUT2D eigenvalue weighted by Crippen LogP contribution is -2.22. The number of hydrogen-bond donors (Lipinski definition) is 3. The summed E-state index contributed by atoms with van der Waals surface area (Å²) < 4.78 is 9.82. The minimum absolute atomic E-state index is 0.104. The highest BCUT2D eigenvalue weighted by molar-refractivity contribution is 6.07. The summed E-state index contributed by atoms with van der Waals surface area (Å²) in [6.45, 7) is -0.104. The quantitative estimate of drug-likeness (QED) is 0.304. The summed E-state index contributed by atoms with van der Waals surface area (Å²) in [7, 11) is 2.86. The number of ether oxygens (including phenoxy) is 2. The first-order valence-corrected chi connectivity index (χ1v) is 5.07. The molecule has 18 heavy (non-hydrogen) atoms. The van der Waals surface area contributed by atoms with Crippen LogP contribution in [0.3, 0.4) is 0 Å². The predicted molar refractivity (Wildman–Crippen MR) is 66.0 cm³/mol. The van der Waals surface area contributed by atoms with Crippen LogP contribution in [-0.2, 0) is 9.53 Å². The second-order valence-corrected chi connectivity index (χ2v) is 3.35. The zero-order valence-corrected chi connectivity index (χ0v) is 10.1. The average Bonchev–Trinajstić information content (AvgIpc) is 2.38. The van der Waals surface area contributed by atoms with Crippen LogP contribution < -0.4 is 15.8 Å². The minimum atomic E-state index is -0.367. The highest BCUT2D eigenvalue weighted by Gasteiger charge is 2.14. The number of carbonyl (C=O) groups excluding carboxylic acids is 1. The Morgan fingerprint density at radius 1 is 1.50 bits per heavy atom. The van der Waals surface area contributed by atoms with Crippen LogP contribution in [0, 0.1) is 0 Å². The second kappa shape index (κ2) is 6.45. The molecule has 7 heteroatoms. The van der Waals surface area contributed by atoms with Gasteiger partial charge < -0.3 is 25.7 Å². The van der Waals surface area contributed by atoms with Crippen molar-refractivity contribution in [1.82, 2.24) is 0 Å². The molecule has 1 aromatic rings. The zero-order valence-electron chi connectivity index (χ0n) is 10.1. The second-order valence-electron chi connectivity index (χ2n) is 3.35. The van der Waals surface area contributed by atoms with E-state index in [1.807, 2.05) is 0 Å². The number of anilines is 1. The molecular formula is C11H15N3O4. The van der Waals surface area contributed by atoms with Gasteiger partial charge in [-0.1, -0.05) is 11.2 Å². The molecule has 0 fully saturated rings. The van der Waals surface area contributed by atoms with Crippen LogP contribution in [0.25, 0.3) is 0 Å². The minimum Gasteiger partial charge on any atom is -0.495 e. The van der Waals surface area contributed by atoms with E-state index in [2.05, 4.69) is 10.5 Å².